The third-order valence-electron chi connectivity index (χ3n) is 2.24. The number of carbonyl (C=O) groups excluding carboxylic acids is 1. The second kappa shape index (κ2) is 4.10. The van der Waals surface area contributed by atoms with E-state index in [1.807, 2.05) is 24.2 Å². The van der Waals surface area contributed by atoms with Crippen LogP contribution in [0.3, 0.4) is 0 Å². The van der Waals surface area contributed by atoms with Crippen LogP contribution in [0, 0.1) is 0 Å². The van der Waals surface area contributed by atoms with Crippen LogP contribution in [0.2, 0.25) is 0 Å². The number of fused-ring (bicyclic) bond motifs is 1. The third-order valence-corrected chi connectivity index (χ3v) is 3.08. The van der Waals surface area contributed by atoms with Crippen molar-refractivity contribution in [1.29, 1.82) is 0 Å². The van der Waals surface area contributed by atoms with E-state index in [2.05, 4.69) is 17.2 Å². The van der Waals surface area contributed by atoms with Crippen LogP contribution in [0.5, 0.6) is 0 Å². The van der Waals surface area contributed by atoms with Gasteiger partial charge in [-0.25, -0.2) is 4.98 Å². The Bertz CT molecular complexity index is 394. The largest absolute Gasteiger partial charge is 0.341 e. The van der Waals surface area contributed by atoms with E-state index in [0.717, 1.165) is 16.5 Å². The van der Waals surface area contributed by atoms with Gasteiger partial charge in [0.05, 0.1) is 12.2 Å². The lowest BCUT2D eigenvalue weighted by Crippen LogP contribution is -2.41. The average molecular weight is 223 g/mol. The first-order valence-corrected chi connectivity index (χ1v) is 5.83. The Morgan fingerprint density at radius 1 is 1.67 bits per heavy atom. The summed E-state index contributed by atoms with van der Waals surface area (Å²) in [7, 11) is 1.91. The fourth-order valence-electron chi connectivity index (χ4n) is 1.52. The van der Waals surface area contributed by atoms with E-state index in [0.29, 0.717) is 12.2 Å². The highest BCUT2D eigenvalue weighted by Crippen LogP contribution is 2.25. The summed E-state index contributed by atoms with van der Waals surface area (Å²) < 4.78 is 0. The first-order chi connectivity index (χ1) is 7.22. The highest BCUT2D eigenvalue weighted by Gasteiger charge is 2.21. The molecule has 2 rings (SSSR count). The molecular formula is C10H13N3OS. The molecule has 0 bridgehead atoms. The monoisotopic (exact) mass is 223 g/mol. The predicted octanol–water partition coefficient (Wildman–Crippen LogP) is 1.33. The summed E-state index contributed by atoms with van der Waals surface area (Å²) >= 11 is 1.69. The number of nitrogens with zero attached hydrogens (tertiary/aromatic N) is 2. The number of nitrogens with one attached hydrogen (secondary N) is 1. The lowest BCUT2D eigenvalue weighted by atomic mass is 10.2. The fraction of sp³-hybridized carbons (Fsp3) is 0.400. The Morgan fingerprint density at radius 2 is 2.47 bits per heavy atom. The Hall–Kier alpha value is -1.23. The van der Waals surface area contributed by atoms with Crippen molar-refractivity contribution in [2.45, 2.75) is 11.8 Å². The predicted molar refractivity (Wildman–Crippen MR) is 61.4 cm³/mol. The van der Waals surface area contributed by atoms with E-state index in [-0.39, 0.29) is 5.91 Å². The van der Waals surface area contributed by atoms with Crippen molar-refractivity contribution in [3.8, 4) is 0 Å². The zero-order chi connectivity index (χ0) is 10.8. The van der Waals surface area contributed by atoms with Gasteiger partial charge in [0.1, 0.15) is 5.82 Å². The number of hydrogen-bond donors (Lipinski definition) is 1. The van der Waals surface area contributed by atoms with E-state index >= 15 is 0 Å². The molecule has 15 heavy (non-hydrogen) atoms. The Labute approximate surface area is 93.1 Å². The number of carbonyl (C=O) groups is 1. The molecule has 2 heterocycles. The molecule has 0 atom stereocenters. The number of amides is 1. The first kappa shape index (κ1) is 10.3. The molecule has 4 nitrogen and oxygen atoms in total. The van der Waals surface area contributed by atoms with Crippen LogP contribution in [0.4, 0.5) is 5.82 Å². The summed E-state index contributed by atoms with van der Waals surface area (Å²) in [5.74, 6) is 1.71. The lowest BCUT2D eigenvalue weighted by molar-refractivity contribution is 0.0947. The Morgan fingerprint density at radius 3 is 3.20 bits per heavy atom. The number of thioether (sulfide) groups is 1. The molecule has 1 aliphatic rings. The highest BCUT2D eigenvalue weighted by molar-refractivity contribution is 7.99. The van der Waals surface area contributed by atoms with Crippen LogP contribution in [-0.2, 0) is 0 Å². The second-order valence-electron chi connectivity index (χ2n) is 3.34. The number of anilines is 1. The van der Waals surface area contributed by atoms with Crippen molar-refractivity contribution in [2.24, 2.45) is 0 Å². The van der Waals surface area contributed by atoms with E-state index in [1.165, 1.54) is 0 Å². The molecule has 0 aliphatic carbocycles. The fourth-order valence-corrected chi connectivity index (χ4v) is 2.18. The van der Waals surface area contributed by atoms with Gasteiger partial charge in [0.25, 0.3) is 5.91 Å². The third kappa shape index (κ3) is 1.92. The highest BCUT2D eigenvalue weighted by atomic mass is 32.2. The molecule has 1 aliphatic heterocycles. The Balaban J connectivity index is 2.40. The molecule has 80 valence electrons. The molecule has 0 fully saturated rings. The number of rotatable bonds is 2. The van der Waals surface area contributed by atoms with Gasteiger partial charge in [-0.1, -0.05) is 6.92 Å². The van der Waals surface area contributed by atoms with Gasteiger partial charge in [-0.3, -0.25) is 4.79 Å². The maximum absolute atomic E-state index is 11.6. The topological polar surface area (TPSA) is 45.2 Å². The van der Waals surface area contributed by atoms with E-state index in [1.54, 1.807) is 11.8 Å². The summed E-state index contributed by atoms with van der Waals surface area (Å²) in [6.45, 7) is 2.61. The van der Waals surface area contributed by atoms with E-state index in [9.17, 15) is 4.79 Å². The SMILES string of the molecule is CCSc1cnc2c(c1)C(=O)NCN2C. The molecule has 5 heteroatoms. The van der Waals surface area contributed by atoms with Crippen molar-refractivity contribution in [3.63, 3.8) is 0 Å². The Kier molecular flexibility index (Phi) is 2.81. The minimum Gasteiger partial charge on any atom is -0.341 e. The van der Waals surface area contributed by atoms with Crippen molar-refractivity contribution in [1.82, 2.24) is 10.3 Å². The molecule has 1 N–H and O–H groups in total. The smallest absolute Gasteiger partial charge is 0.256 e. The molecule has 0 unspecified atom stereocenters. The van der Waals surface area contributed by atoms with Crippen LogP contribution in [0.25, 0.3) is 0 Å². The van der Waals surface area contributed by atoms with Gasteiger partial charge in [0, 0.05) is 18.1 Å². The molecule has 1 amide bonds. The normalized spacial score (nSPS) is 14.8. The van der Waals surface area contributed by atoms with Crippen molar-refractivity contribution in [2.75, 3.05) is 24.4 Å². The van der Waals surface area contributed by atoms with Crippen molar-refractivity contribution < 1.29 is 4.79 Å². The van der Waals surface area contributed by atoms with Gasteiger partial charge in [-0.05, 0) is 11.8 Å². The zero-order valence-electron chi connectivity index (χ0n) is 8.78. The summed E-state index contributed by atoms with van der Waals surface area (Å²) in [6, 6.07) is 1.90. The van der Waals surface area contributed by atoms with Gasteiger partial charge >= 0.3 is 0 Å². The molecule has 0 aromatic carbocycles. The van der Waals surface area contributed by atoms with Crippen molar-refractivity contribution >= 4 is 23.5 Å². The lowest BCUT2D eigenvalue weighted by Gasteiger charge is -2.26. The molecular weight excluding hydrogens is 210 g/mol. The van der Waals surface area contributed by atoms with Gasteiger partial charge in [0.15, 0.2) is 0 Å². The van der Waals surface area contributed by atoms with Crippen LogP contribution in [-0.4, -0.2) is 30.4 Å². The van der Waals surface area contributed by atoms with Gasteiger partial charge in [-0.15, -0.1) is 11.8 Å². The standard InChI is InChI=1S/C10H13N3OS/c1-3-15-7-4-8-9(11-5-7)13(2)6-12-10(8)14/h4-5H,3,6H2,1-2H3,(H,12,14). The van der Waals surface area contributed by atoms with Crippen LogP contribution in [0.15, 0.2) is 17.2 Å². The first-order valence-electron chi connectivity index (χ1n) is 4.84. The number of pyridine rings is 1. The second-order valence-corrected chi connectivity index (χ2v) is 4.67. The summed E-state index contributed by atoms with van der Waals surface area (Å²) in [5.41, 5.74) is 0.669. The number of aromatic nitrogens is 1. The molecule has 0 saturated heterocycles. The minimum absolute atomic E-state index is 0.0332. The summed E-state index contributed by atoms with van der Waals surface area (Å²) in [6.07, 6.45) is 1.82. The summed E-state index contributed by atoms with van der Waals surface area (Å²) in [5, 5.41) is 2.80. The van der Waals surface area contributed by atoms with E-state index < -0.39 is 0 Å². The molecule has 1 aromatic heterocycles. The van der Waals surface area contributed by atoms with Crippen LogP contribution < -0.4 is 10.2 Å². The average Bonchev–Trinajstić information content (AvgIpc) is 2.24. The maximum atomic E-state index is 11.6. The molecule has 0 saturated carbocycles. The maximum Gasteiger partial charge on any atom is 0.256 e. The van der Waals surface area contributed by atoms with Gasteiger partial charge < -0.3 is 10.2 Å². The number of hydrogen-bond acceptors (Lipinski definition) is 4. The van der Waals surface area contributed by atoms with E-state index in [4.69, 9.17) is 0 Å². The van der Waals surface area contributed by atoms with Gasteiger partial charge in [0.2, 0.25) is 0 Å². The zero-order valence-corrected chi connectivity index (χ0v) is 9.60. The van der Waals surface area contributed by atoms with Crippen molar-refractivity contribution in [3.05, 3.63) is 17.8 Å². The van der Waals surface area contributed by atoms with Gasteiger partial charge in [-0.2, -0.15) is 0 Å². The molecule has 0 spiro atoms. The summed E-state index contributed by atoms with van der Waals surface area (Å²) in [4.78, 5) is 18.9. The minimum atomic E-state index is -0.0332. The molecule has 0 radical (unpaired) electrons. The molecule has 1 aromatic rings. The quantitative estimate of drug-likeness (QED) is 0.768. The van der Waals surface area contributed by atoms with Crippen LogP contribution >= 0.6 is 11.8 Å². The van der Waals surface area contributed by atoms with Crippen LogP contribution in [0.1, 0.15) is 17.3 Å².